The number of anilines is 2. The summed E-state index contributed by atoms with van der Waals surface area (Å²) >= 11 is 0. The molecule has 32 heavy (non-hydrogen) atoms. The minimum Gasteiger partial charge on any atom is -0.483 e. The third kappa shape index (κ3) is 5.50. The fourth-order valence-corrected chi connectivity index (χ4v) is 3.80. The molecule has 0 radical (unpaired) electrons. The number of carbonyl (C=O) groups is 2. The Labute approximate surface area is 187 Å². The van der Waals surface area contributed by atoms with Crippen molar-refractivity contribution in [3.05, 3.63) is 48.0 Å². The molecule has 2 aliphatic rings. The first kappa shape index (κ1) is 22.0. The van der Waals surface area contributed by atoms with Crippen molar-refractivity contribution in [3.8, 4) is 11.5 Å². The van der Waals surface area contributed by atoms with Gasteiger partial charge in [-0.3, -0.25) is 4.79 Å². The van der Waals surface area contributed by atoms with Crippen LogP contribution in [0.1, 0.15) is 19.4 Å². The Kier molecular flexibility index (Phi) is 6.50. The number of para-hydroxylation sites is 1. The van der Waals surface area contributed by atoms with Crippen molar-refractivity contribution in [2.75, 3.05) is 49.7 Å². The number of hydrogen-bond donors (Lipinski definition) is 1. The Morgan fingerprint density at radius 2 is 1.81 bits per heavy atom. The molecule has 1 fully saturated rings. The van der Waals surface area contributed by atoms with Gasteiger partial charge in [0, 0.05) is 36.4 Å². The molecule has 2 heterocycles. The van der Waals surface area contributed by atoms with E-state index in [2.05, 4.69) is 10.2 Å². The predicted octanol–water partition coefficient (Wildman–Crippen LogP) is 2.80. The second-order valence-electron chi connectivity index (χ2n) is 8.43. The minimum atomic E-state index is -0.627. The van der Waals surface area contributed by atoms with E-state index < -0.39 is 11.9 Å². The van der Waals surface area contributed by atoms with Crippen molar-refractivity contribution < 1.29 is 28.5 Å². The van der Waals surface area contributed by atoms with Crippen LogP contribution in [-0.4, -0.2) is 57.0 Å². The van der Waals surface area contributed by atoms with E-state index in [1.165, 1.54) is 0 Å². The monoisotopic (exact) mass is 440 g/mol. The van der Waals surface area contributed by atoms with Gasteiger partial charge in [-0.25, -0.2) is 4.79 Å². The number of amides is 1. The number of esters is 1. The van der Waals surface area contributed by atoms with E-state index in [9.17, 15) is 9.59 Å². The van der Waals surface area contributed by atoms with Crippen LogP contribution < -0.4 is 19.7 Å². The third-order valence-electron chi connectivity index (χ3n) is 5.29. The fourth-order valence-electron chi connectivity index (χ4n) is 3.80. The molecule has 0 unspecified atom stereocenters. The predicted molar refractivity (Wildman–Crippen MR) is 119 cm³/mol. The van der Waals surface area contributed by atoms with Gasteiger partial charge in [0.2, 0.25) is 0 Å². The average Bonchev–Trinajstić information content (AvgIpc) is 3.12. The molecule has 1 amide bonds. The molecule has 0 atom stereocenters. The summed E-state index contributed by atoms with van der Waals surface area (Å²) in [4.78, 5) is 26.4. The van der Waals surface area contributed by atoms with Crippen LogP contribution >= 0.6 is 0 Å². The van der Waals surface area contributed by atoms with E-state index in [0.717, 1.165) is 30.8 Å². The van der Waals surface area contributed by atoms with Crippen molar-refractivity contribution in [1.29, 1.82) is 0 Å². The second-order valence-corrected chi connectivity index (χ2v) is 8.43. The molecular weight excluding hydrogens is 412 g/mol. The van der Waals surface area contributed by atoms with Crippen LogP contribution in [-0.2, 0) is 25.5 Å². The summed E-state index contributed by atoms with van der Waals surface area (Å²) in [7, 11) is 0. The molecule has 1 saturated heterocycles. The maximum absolute atomic E-state index is 12.1. The number of rotatable bonds is 7. The summed E-state index contributed by atoms with van der Waals surface area (Å²) in [6, 6.07) is 13.1. The quantitative estimate of drug-likeness (QED) is 0.663. The lowest BCUT2D eigenvalue weighted by Gasteiger charge is -2.28. The normalized spacial score (nSPS) is 16.6. The number of nitrogens with one attached hydrogen (secondary N) is 1. The van der Waals surface area contributed by atoms with Gasteiger partial charge in [-0.1, -0.05) is 12.1 Å². The average molecular weight is 440 g/mol. The molecule has 2 aliphatic heterocycles. The Bertz CT molecular complexity index is 967. The van der Waals surface area contributed by atoms with Crippen LogP contribution in [0.15, 0.2) is 42.5 Å². The molecule has 1 N–H and O–H groups in total. The lowest BCUT2D eigenvalue weighted by molar-refractivity contribution is -0.149. The number of nitrogens with zero attached hydrogens (tertiary/aromatic N) is 1. The molecule has 0 saturated carbocycles. The number of hydrogen-bond acceptors (Lipinski definition) is 7. The van der Waals surface area contributed by atoms with E-state index in [-0.39, 0.29) is 18.8 Å². The lowest BCUT2D eigenvalue weighted by atomic mass is 10.0. The lowest BCUT2D eigenvalue weighted by Crippen LogP contribution is -2.36. The zero-order valence-corrected chi connectivity index (χ0v) is 18.4. The van der Waals surface area contributed by atoms with Crippen molar-refractivity contribution in [3.63, 3.8) is 0 Å². The van der Waals surface area contributed by atoms with Crippen molar-refractivity contribution in [2.45, 2.75) is 25.9 Å². The Balaban J connectivity index is 1.21. The van der Waals surface area contributed by atoms with Gasteiger partial charge in [-0.2, -0.15) is 0 Å². The smallest absolute Gasteiger partial charge is 0.344 e. The summed E-state index contributed by atoms with van der Waals surface area (Å²) in [6.07, 6.45) is 0.775. The van der Waals surface area contributed by atoms with Crippen LogP contribution in [0.2, 0.25) is 0 Å². The Morgan fingerprint density at radius 3 is 2.56 bits per heavy atom. The van der Waals surface area contributed by atoms with Gasteiger partial charge in [0.15, 0.2) is 24.7 Å². The molecule has 8 nitrogen and oxygen atoms in total. The molecule has 2 aromatic carbocycles. The van der Waals surface area contributed by atoms with Gasteiger partial charge < -0.3 is 29.2 Å². The number of benzene rings is 2. The molecule has 0 spiro atoms. The highest BCUT2D eigenvalue weighted by Gasteiger charge is 2.32. The van der Waals surface area contributed by atoms with E-state index in [1.54, 1.807) is 6.07 Å². The van der Waals surface area contributed by atoms with E-state index in [1.807, 2.05) is 50.2 Å². The molecule has 2 aromatic rings. The van der Waals surface area contributed by atoms with Gasteiger partial charge in [-0.15, -0.1) is 0 Å². The SMILES string of the molecule is CC1(C)Cc2cccc(OCC(=O)OCC(=O)Nc3ccc(N4CCOCC4)cc3)c2O1. The third-order valence-corrected chi connectivity index (χ3v) is 5.29. The topological polar surface area (TPSA) is 86.3 Å². The number of fused-ring (bicyclic) bond motifs is 1. The molecule has 0 aromatic heterocycles. The molecule has 0 aliphatic carbocycles. The molecule has 8 heteroatoms. The van der Waals surface area contributed by atoms with E-state index >= 15 is 0 Å². The first-order chi connectivity index (χ1) is 15.4. The van der Waals surface area contributed by atoms with Gasteiger partial charge in [0.05, 0.1) is 13.2 Å². The number of carbonyl (C=O) groups excluding carboxylic acids is 2. The number of morpholine rings is 1. The maximum atomic E-state index is 12.1. The second kappa shape index (κ2) is 9.48. The molecular formula is C24H28N2O6. The number of ether oxygens (including phenoxy) is 4. The van der Waals surface area contributed by atoms with Crippen LogP contribution in [0.4, 0.5) is 11.4 Å². The first-order valence-corrected chi connectivity index (χ1v) is 10.7. The van der Waals surface area contributed by atoms with E-state index in [0.29, 0.717) is 30.4 Å². The summed E-state index contributed by atoms with van der Waals surface area (Å²) in [5, 5.41) is 2.72. The van der Waals surface area contributed by atoms with Gasteiger partial charge in [-0.05, 0) is 44.2 Å². The Morgan fingerprint density at radius 1 is 1.06 bits per heavy atom. The highest BCUT2D eigenvalue weighted by Crippen LogP contribution is 2.41. The summed E-state index contributed by atoms with van der Waals surface area (Å²) in [5.41, 5.74) is 2.45. The standard InChI is InChI=1S/C24H28N2O6/c1-24(2)14-17-4-3-5-20(23(17)32-24)30-16-22(28)31-15-21(27)25-18-6-8-19(9-7-18)26-10-12-29-13-11-26/h3-9H,10-16H2,1-2H3,(H,25,27). The highest BCUT2D eigenvalue weighted by atomic mass is 16.6. The van der Waals surface area contributed by atoms with Crippen molar-refractivity contribution in [1.82, 2.24) is 0 Å². The van der Waals surface area contributed by atoms with Crippen molar-refractivity contribution >= 4 is 23.3 Å². The van der Waals surface area contributed by atoms with Crippen molar-refractivity contribution in [2.24, 2.45) is 0 Å². The van der Waals surface area contributed by atoms with E-state index in [4.69, 9.17) is 18.9 Å². The highest BCUT2D eigenvalue weighted by molar-refractivity contribution is 5.93. The van der Waals surface area contributed by atoms with Gasteiger partial charge in [0.1, 0.15) is 5.60 Å². The first-order valence-electron chi connectivity index (χ1n) is 10.7. The maximum Gasteiger partial charge on any atom is 0.344 e. The summed E-state index contributed by atoms with van der Waals surface area (Å²) in [6.45, 7) is 6.43. The van der Waals surface area contributed by atoms with Gasteiger partial charge >= 0.3 is 5.97 Å². The Hall–Kier alpha value is -3.26. The molecule has 170 valence electrons. The molecule has 0 bridgehead atoms. The minimum absolute atomic E-state index is 0.304. The van der Waals surface area contributed by atoms with Crippen LogP contribution in [0, 0.1) is 0 Å². The van der Waals surface area contributed by atoms with Crippen LogP contribution in [0.25, 0.3) is 0 Å². The van der Waals surface area contributed by atoms with Crippen LogP contribution in [0.5, 0.6) is 11.5 Å². The molecule has 4 rings (SSSR count). The zero-order valence-electron chi connectivity index (χ0n) is 18.4. The zero-order chi connectivity index (χ0) is 22.6. The summed E-state index contributed by atoms with van der Waals surface area (Å²) < 4.78 is 21.9. The summed E-state index contributed by atoms with van der Waals surface area (Å²) in [5.74, 6) is 0.110. The largest absolute Gasteiger partial charge is 0.483 e. The fraction of sp³-hybridized carbons (Fsp3) is 0.417. The van der Waals surface area contributed by atoms with Gasteiger partial charge in [0.25, 0.3) is 5.91 Å². The van der Waals surface area contributed by atoms with Crippen LogP contribution in [0.3, 0.4) is 0 Å².